The van der Waals surface area contributed by atoms with Crippen molar-refractivity contribution in [2.75, 3.05) is 26.4 Å². The zero-order valence-corrected chi connectivity index (χ0v) is 10.5. The van der Waals surface area contributed by atoms with Crippen LogP contribution in [0.3, 0.4) is 0 Å². The van der Waals surface area contributed by atoms with Crippen LogP contribution in [-0.4, -0.2) is 32.2 Å². The summed E-state index contributed by atoms with van der Waals surface area (Å²) >= 11 is 0. The van der Waals surface area contributed by atoms with Crippen LogP contribution in [0.5, 0.6) is 0 Å². The fourth-order valence-corrected chi connectivity index (χ4v) is 1.14. The number of carbonyl (C=O) groups is 1. The van der Waals surface area contributed by atoms with E-state index < -0.39 is 0 Å². The summed E-state index contributed by atoms with van der Waals surface area (Å²) in [4.78, 5) is 10.5. The van der Waals surface area contributed by atoms with Crippen LogP contribution in [0.4, 0.5) is 0 Å². The van der Waals surface area contributed by atoms with E-state index in [2.05, 4.69) is 20.8 Å². The van der Waals surface area contributed by atoms with Crippen LogP contribution in [0.1, 0.15) is 40.5 Å². The predicted octanol–water partition coefficient (Wildman–Crippen LogP) is 2.43. The molecule has 0 saturated heterocycles. The number of rotatable bonds is 8. The molecule has 0 bridgehead atoms. The van der Waals surface area contributed by atoms with Crippen LogP contribution in [0.15, 0.2) is 0 Å². The molecule has 15 heavy (non-hydrogen) atoms. The van der Waals surface area contributed by atoms with E-state index in [0.717, 1.165) is 13.0 Å². The third-order valence-corrected chi connectivity index (χ3v) is 1.89. The second-order valence-corrected chi connectivity index (χ2v) is 5.03. The molecule has 0 aromatic rings. The molecular formula is C12H24O3. The third kappa shape index (κ3) is 13.6. The van der Waals surface area contributed by atoms with E-state index in [1.807, 2.05) is 0 Å². The summed E-state index contributed by atoms with van der Waals surface area (Å²) in [6.45, 7) is 10.3. The van der Waals surface area contributed by atoms with Crippen molar-refractivity contribution in [3.05, 3.63) is 0 Å². The summed E-state index contributed by atoms with van der Waals surface area (Å²) in [6, 6.07) is 0. The van der Waals surface area contributed by atoms with Crippen molar-refractivity contribution in [3.63, 3.8) is 0 Å². The maximum atomic E-state index is 10.5. The Bertz CT molecular complexity index is 170. The molecule has 0 aromatic heterocycles. The van der Waals surface area contributed by atoms with Gasteiger partial charge < -0.3 is 9.47 Å². The van der Waals surface area contributed by atoms with E-state index in [0.29, 0.717) is 18.6 Å². The molecule has 0 spiro atoms. The molecule has 0 aliphatic rings. The average Bonchev–Trinajstić information content (AvgIpc) is 2.07. The standard InChI is InChI=1S/C12H24O3/c1-11(13)10-15-9-8-14-7-5-6-12(2,3)4/h5-10H2,1-4H3. The van der Waals surface area contributed by atoms with E-state index >= 15 is 0 Å². The minimum absolute atomic E-state index is 0.0581. The van der Waals surface area contributed by atoms with E-state index in [1.54, 1.807) is 0 Å². The summed E-state index contributed by atoms with van der Waals surface area (Å²) in [6.07, 6.45) is 2.25. The number of ether oxygens (including phenoxy) is 2. The first kappa shape index (κ1) is 14.6. The molecule has 90 valence electrons. The second kappa shape index (κ2) is 7.83. The largest absolute Gasteiger partial charge is 0.379 e. The lowest BCUT2D eigenvalue weighted by atomic mass is 9.91. The summed E-state index contributed by atoms with van der Waals surface area (Å²) in [5.74, 6) is 0.0581. The van der Waals surface area contributed by atoms with E-state index in [4.69, 9.17) is 9.47 Å². The minimum Gasteiger partial charge on any atom is -0.379 e. The SMILES string of the molecule is CC(=O)COCCOCCCC(C)(C)C. The van der Waals surface area contributed by atoms with Gasteiger partial charge in [0.15, 0.2) is 5.78 Å². The first-order valence-electron chi connectivity index (χ1n) is 5.57. The summed E-state index contributed by atoms with van der Waals surface area (Å²) < 4.78 is 10.4. The zero-order valence-electron chi connectivity index (χ0n) is 10.5. The maximum absolute atomic E-state index is 10.5. The number of ketones is 1. The van der Waals surface area contributed by atoms with E-state index in [-0.39, 0.29) is 12.4 Å². The predicted molar refractivity (Wildman–Crippen MR) is 61.0 cm³/mol. The molecule has 0 amide bonds. The number of carbonyl (C=O) groups excluding carboxylic acids is 1. The van der Waals surface area contributed by atoms with E-state index in [9.17, 15) is 4.79 Å². The monoisotopic (exact) mass is 216 g/mol. The van der Waals surface area contributed by atoms with Gasteiger partial charge in [-0.1, -0.05) is 20.8 Å². The van der Waals surface area contributed by atoms with Gasteiger partial charge in [0.25, 0.3) is 0 Å². The molecule has 0 heterocycles. The van der Waals surface area contributed by atoms with Crippen molar-refractivity contribution in [3.8, 4) is 0 Å². The highest BCUT2D eigenvalue weighted by Crippen LogP contribution is 2.20. The van der Waals surface area contributed by atoms with Gasteiger partial charge in [-0.15, -0.1) is 0 Å². The molecule has 3 nitrogen and oxygen atoms in total. The van der Waals surface area contributed by atoms with Crippen LogP contribution in [0.2, 0.25) is 0 Å². The first-order valence-corrected chi connectivity index (χ1v) is 5.57. The molecule has 0 unspecified atom stereocenters. The Morgan fingerprint density at radius 2 is 1.67 bits per heavy atom. The topological polar surface area (TPSA) is 35.5 Å². The van der Waals surface area contributed by atoms with Gasteiger partial charge in [-0.3, -0.25) is 4.79 Å². The van der Waals surface area contributed by atoms with Gasteiger partial charge in [0, 0.05) is 6.61 Å². The van der Waals surface area contributed by atoms with Gasteiger partial charge in [0.05, 0.1) is 13.2 Å². The summed E-state index contributed by atoms with van der Waals surface area (Å²) in [7, 11) is 0. The van der Waals surface area contributed by atoms with Gasteiger partial charge in [-0.25, -0.2) is 0 Å². The van der Waals surface area contributed by atoms with Crippen molar-refractivity contribution in [2.45, 2.75) is 40.5 Å². The van der Waals surface area contributed by atoms with Crippen molar-refractivity contribution in [2.24, 2.45) is 5.41 Å². The van der Waals surface area contributed by atoms with Crippen molar-refractivity contribution < 1.29 is 14.3 Å². The quantitative estimate of drug-likeness (QED) is 0.585. The Labute approximate surface area is 93.1 Å². The van der Waals surface area contributed by atoms with Crippen LogP contribution >= 0.6 is 0 Å². The molecule has 0 saturated carbocycles. The number of hydrogen-bond donors (Lipinski definition) is 0. The Morgan fingerprint density at radius 3 is 2.20 bits per heavy atom. The third-order valence-electron chi connectivity index (χ3n) is 1.89. The smallest absolute Gasteiger partial charge is 0.155 e. The fraction of sp³-hybridized carbons (Fsp3) is 0.917. The van der Waals surface area contributed by atoms with E-state index in [1.165, 1.54) is 13.3 Å². The number of hydrogen-bond acceptors (Lipinski definition) is 3. The highest BCUT2D eigenvalue weighted by molar-refractivity contribution is 5.76. The van der Waals surface area contributed by atoms with Crippen LogP contribution in [-0.2, 0) is 14.3 Å². The number of Topliss-reactive ketones (excluding diaryl/α,β-unsaturated/α-hetero) is 1. The molecule has 0 rings (SSSR count). The Balaban J connectivity index is 3.09. The van der Waals surface area contributed by atoms with Gasteiger partial charge in [0.1, 0.15) is 6.61 Å². The van der Waals surface area contributed by atoms with Crippen molar-refractivity contribution in [1.29, 1.82) is 0 Å². The highest BCUT2D eigenvalue weighted by Gasteiger charge is 2.08. The van der Waals surface area contributed by atoms with Crippen molar-refractivity contribution >= 4 is 5.78 Å². The molecule has 0 aliphatic heterocycles. The summed E-state index contributed by atoms with van der Waals surface area (Å²) in [5, 5.41) is 0. The average molecular weight is 216 g/mol. The van der Waals surface area contributed by atoms with Gasteiger partial charge in [-0.05, 0) is 25.2 Å². The minimum atomic E-state index is 0.0581. The van der Waals surface area contributed by atoms with Crippen LogP contribution in [0.25, 0.3) is 0 Å². The molecule has 0 aliphatic carbocycles. The molecule has 0 fully saturated rings. The van der Waals surface area contributed by atoms with Crippen LogP contribution in [0, 0.1) is 5.41 Å². The van der Waals surface area contributed by atoms with Gasteiger partial charge in [0.2, 0.25) is 0 Å². The molecule has 3 heteroatoms. The first-order chi connectivity index (χ1) is 6.92. The maximum Gasteiger partial charge on any atom is 0.155 e. The molecule has 0 radical (unpaired) electrons. The Hall–Kier alpha value is -0.410. The second-order valence-electron chi connectivity index (χ2n) is 5.03. The lowest BCUT2D eigenvalue weighted by Crippen LogP contribution is -2.11. The lowest BCUT2D eigenvalue weighted by molar-refractivity contribution is -0.121. The zero-order chi connectivity index (χ0) is 11.7. The molecule has 0 aromatic carbocycles. The van der Waals surface area contributed by atoms with Crippen LogP contribution < -0.4 is 0 Å². The Morgan fingerprint density at radius 1 is 1.07 bits per heavy atom. The lowest BCUT2D eigenvalue weighted by Gasteiger charge is -2.17. The highest BCUT2D eigenvalue weighted by atomic mass is 16.5. The molecule has 0 N–H and O–H groups in total. The van der Waals surface area contributed by atoms with Crippen molar-refractivity contribution in [1.82, 2.24) is 0 Å². The van der Waals surface area contributed by atoms with Gasteiger partial charge >= 0.3 is 0 Å². The molecular weight excluding hydrogens is 192 g/mol. The fourth-order valence-electron chi connectivity index (χ4n) is 1.14. The Kier molecular flexibility index (Phi) is 7.61. The normalized spacial score (nSPS) is 11.7. The molecule has 0 atom stereocenters. The van der Waals surface area contributed by atoms with Gasteiger partial charge in [-0.2, -0.15) is 0 Å². The summed E-state index contributed by atoms with van der Waals surface area (Å²) in [5.41, 5.74) is 0.383.